The molecule has 1 heterocycles. The zero-order valence-electron chi connectivity index (χ0n) is 7.90. The topological polar surface area (TPSA) is 26.0 Å². The number of nitrogens with zero attached hydrogens (tertiary/aromatic N) is 1. The highest BCUT2D eigenvalue weighted by molar-refractivity contribution is 5.60. The Hall–Kier alpha value is -1.57. The van der Waals surface area contributed by atoms with Crippen LogP contribution in [0.3, 0.4) is 0 Å². The molecule has 0 aliphatic rings. The standard InChI is InChI=1S/C9H7NO.C2H6/c1-2-4-8(5-3-1)9-6-10-11-7-9;1-2/h1-7H;1-2H3. The van der Waals surface area contributed by atoms with Crippen LogP contribution in [0.1, 0.15) is 13.8 Å². The Labute approximate surface area is 78.2 Å². The second-order valence-corrected chi connectivity index (χ2v) is 2.28. The SMILES string of the molecule is CC.c1ccc(-c2cnoc2)cc1. The lowest BCUT2D eigenvalue weighted by Gasteiger charge is -1.91. The molecule has 13 heavy (non-hydrogen) atoms. The van der Waals surface area contributed by atoms with E-state index in [4.69, 9.17) is 4.52 Å². The van der Waals surface area contributed by atoms with Crippen molar-refractivity contribution in [3.05, 3.63) is 42.8 Å². The maximum Gasteiger partial charge on any atom is 0.131 e. The average Bonchev–Trinajstić information content (AvgIpc) is 2.75. The fraction of sp³-hybridized carbons (Fsp3) is 0.182. The number of hydrogen-bond acceptors (Lipinski definition) is 2. The molecule has 2 rings (SSSR count). The van der Waals surface area contributed by atoms with Crippen molar-refractivity contribution in [1.82, 2.24) is 5.16 Å². The number of benzene rings is 1. The van der Waals surface area contributed by atoms with Crippen LogP contribution in [0.5, 0.6) is 0 Å². The third kappa shape index (κ3) is 2.44. The lowest BCUT2D eigenvalue weighted by Crippen LogP contribution is -1.69. The molecular weight excluding hydrogens is 162 g/mol. The van der Waals surface area contributed by atoms with Gasteiger partial charge in [-0.3, -0.25) is 0 Å². The molecule has 68 valence electrons. The molecule has 0 saturated carbocycles. The minimum atomic E-state index is 1.02. The summed E-state index contributed by atoms with van der Waals surface area (Å²) in [4.78, 5) is 0. The molecule has 0 atom stereocenters. The highest BCUT2D eigenvalue weighted by atomic mass is 16.5. The molecule has 0 fully saturated rings. The van der Waals surface area contributed by atoms with Gasteiger partial charge in [-0.1, -0.05) is 49.3 Å². The van der Waals surface area contributed by atoms with Gasteiger partial charge in [-0.25, -0.2) is 0 Å². The number of rotatable bonds is 1. The van der Waals surface area contributed by atoms with Gasteiger partial charge >= 0.3 is 0 Å². The van der Waals surface area contributed by atoms with Crippen molar-refractivity contribution in [3.63, 3.8) is 0 Å². The monoisotopic (exact) mass is 175 g/mol. The van der Waals surface area contributed by atoms with Crippen LogP contribution in [0, 0.1) is 0 Å². The molecule has 2 nitrogen and oxygen atoms in total. The minimum absolute atomic E-state index is 1.02. The van der Waals surface area contributed by atoms with Gasteiger partial charge in [0.25, 0.3) is 0 Å². The predicted molar refractivity (Wildman–Crippen MR) is 53.3 cm³/mol. The third-order valence-electron chi connectivity index (χ3n) is 1.54. The summed E-state index contributed by atoms with van der Waals surface area (Å²) in [5.41, 5.74) is 2.15. The predicted octanol–water partition coefficient (Wildman–Crippen LogP) is 3.37. The van der Waals surface area contributed by atoms with Gasteiger partial charge in [0.15, 0.2) is 0 Å². The molecule has 0 radical (unpaired) electrons. The van der Waals surface area contributed by atoms with Crippen molar-refractivity contribution in [2.75, 3.05) is 0 Å². The number of aromatic nitrogens is 1. The number of hydrogen-bond donors (Lipinski definition) is 0. The molecule has 1 aromatic carbocycles. The van der Waals surface area contributed by atoms with Crippen LogP contribution < -0.4 is 0 Å². The van der Waals surface area contributed by atoms with Crippen LogP contribution in [0.2, 0.25) is 0 Å². The van der Waals surface area contributed by atoms with E-state index in [1.807, 2.05) is 44.2 Å². The van der Waals surface area contributed by atoms with Crippen LogP contribution in [-0.2, 0) is 0 Å². The summed E-state index contributed by atoms with van der Waals surface area (Å²) in [6.45, 7) is 4.00. The maximum absolute atomic E-state index is 4.72. The summed E-state index contributed by atoms with van der Waals surface area (Å²) in [5.74, 6) is 0. The Kier molecular flexibility index (Phi) is 3.76. The molecule has 2 heteroatoms. The van der Waals surface area contributed by atoms with Crippen molar-refractivity contribution in [3.8, 4) is 11.1 Å². The van der Waals surface area contributed by atoms with Gasteiger partial charge in [-0.15, -0.1) is 0 Å². The van der Waals surface area contributed by atoms with Gasteiger partial charge in [0, 0.05) is 5.56 Å². The molecular formula is C11H13NO. The highest BCUT2D eigenvalue weighted by Gasteiger charge is 1.96. The van der Waals surface area contributed by atoms with Crippen LogP contribution >= 0.6 is 0 Å². The van der Waals surface area contributed by atoms with E-state index >= 15 is 0 Å². The fourth-order valence-electron chi connectivity index (χ4n) is 0.978. The third-order valence-corrected chi connectivity index (χ3v) is 1.54. The van der Waals surface area contributed by atoms with Crippen LogP contribution in [0.15, 0.2) is 47.3 Å². The summed E-state index contributed by atoms with van der Waals surface area (Å²) in [5, 5.41) is 3.62. The van der Waals surface area contributed by atoms with E-state index in [0.29, 0.717) is 0 Å². The lowest BCUT2D eigenvalue weighted by molar-refractivity contribution is 0.420. The largest absolute Gasteiger partial charge is 0.364 e. The second-order valence-electron chi connectivity index (χ2n) is 2.28. The zero-order chi connectivity index (χ0) is 9.52. The maximum atomic E-state index is 4.72. The van der Waals surface area contributed by atoms with E-state index in [0.717, 1.165) is 11.1 Å². The van der Waals surface area contributed by atoms with Gasteiger partial charge in [-0.05, 0) is 5.56 Å². The Bertz CT molecular complexity index is 313. The summed E-state index contributed by atoms with van der Waals surface area (Å²) in [6.07, 6.45) is 3.34. The summed E-state index contributed by atoms with van der Waals surface area (Å²) >= 11 is 0. The molecule has 0 spiro atoms. The minimum Gasteiger partial charge on any atom is -0.364 e. The fourth-order valence-corrected chi connectivity index (χ4v) is 0.978. The Balaban J connectivity index is 0.000000396. The first-order valence-corrected chi connectivity index (χ1v) is 4.41. The van der Waals surface area contributed by atoms with Gasteiger partial charge in [0.05, 0.1) is 6.20 Å². The Morgan fingerprint density at radius 1 is 1.00 bits per heavy atom. The van der Waals surface area contributed by atoms with E-state index in [1.165, 1.54) is 0 Å². The van der Waals surface area contributed by atoms with E-state index in [9.17, 15) is 0 Å². The highest BCUT2D eigenvalue weighted by Crippen LogP contribution is 2.16. The quantitative estimate of drug-likeness (QED) is 0.664. The van der Waals surface area contributed by atoms with Crippen molar-refractivity contribution >= 4 is 0 Å². The molecule has 2 aromatic rings. The Morgan fingerprint density at radius 3 is 2.23 bits per heavy atom. The summed E-state index contributed by atoms with van der Waals surface area (Å²) < 4.78 is 4.72. The summed E-state index contributed by atoms with van der Waals surface area (Å²) in [7, 11) is 0. The first-order valence-electron chi connectivity index (χ1n) is 4.41. The van der Waals surface area contributed by atoms with E-state index in [2.05, 4.69) is 5.16 Å². The van der Waals surface area contributed by atoms with E-state index in [-0.39, 0.29) is 0 Å². The van der Waals surface area contributed by atoms with Crippen LogP contribution in [0.25, 0.3) is 11.1 Å². The first-order chi connectivity index (χ1) is 6.47. The molecule has 0 aliphatic carbocycles. The van der Waals surface area contributed by atoms with Crippen LogP contribution in [0.4, 0.5) is 0 Å². The van der Waals surface area contributed by atoms with Crippen molar-refractivity contribution in [1.29, 1.82) is 0 Å². The average molecular weight is 175 g/mol. The van der Waals surface area contributed by atoms with Gasteiger partial charge in [-0.2, -0.15) is 0 Å². The molecule has 0 aliphatic heterocycles. The molecule has 0 N–H and O–H groups in total. The van der Waals surface area contributed by atoms with Crippen molar-refractivity contribution < 1.29 is 4.52 Å². The van der Waals surface area contributed by atoms with E-state index in [1.54, 1.807) is 12.5 Å². The molecule has 0 bridgehead atoms. The van der Waals surface area contributed by atoms with Crippen LogP contribution in [-0.4, -0.2) is 5.16 Å². The molecule has 0 saturated heterocycles. The van der Waals surface area contributed by atoms with Gasteiger partial charge in [0.2, 0.25) is 0 Å². The second kappa shape index (κ2) is 5.14. The smallest absolute Gasteiger partial charge is 0.131 e. The lowest BCUT2D eigenvalue weighted by atomic mass is 10.1. The van der Waals surface area contributed by atoms with Gasteiger partial charge < -0.3 is 4.52 Å². The van der Waals surface area contributed by atoms with E-state index < -0.39 is 0 Å². The normalized spacial score (nSPS) is 8.77. The van der Waals surface area contributed by atoms with Gasteiger partial charge in [0.1, 0.15) is 6.26 Å². The molecule has 1 aromatic heterocycles. The molecule has 0 amide bonds. The summed E-state index contributed by atoms with van der Waals surface area (Å²) in [6, 6.07) is 10.0. The first kappa shape index (κ1) is 9.52. The van der Waals surface area contributed by atoms with Crippen molar-refractivity contribution in [2.45, 2.75) is 13.8 Å². The molecule has 0 unspecified atom stereocenters. The van der Waals surface area contributed by atoms with Crippen molar-refractivity contribution in [2.24, 2.45) is 0 Å². The Morgan fingerprint density at radius 2 is 1.69 bits per heavy atom. The zero-order valence-corrected chi connectivity index (χ0v) is 7.90.